The summed E-state index contributed by atoms with van der Waals surface area (Å²) in [6.07, 6.45) is 0.942. The van der Waals surface area contributed by atoms with Gasteiger partial charge in [-0.05, 0) is 45.5 Å². The highest BCUT2D eigenvalue weighted by atomic mass is 16.5. The molecule has 1 saturated carbocycles. The Bertz CT molecular complexity index is 701. The van der Waals surface area contributed by atoms with Crippen molar-refractivity contribution in [2.24, 2.45) is 0 Å². The van der Waals surface area contributed by atoms with E-state index in [-0.39, 0.29) is 11.8 Å². The minimum atomic E-state index is -0.986. The van der Waals surface area contributed by atoms with E-state index in [0.717, 1.165) is 17.5 Å². The number of hydrogen-bond donors (Lipinski definition) is 1. The molecule has 1 aromatic rings. The van der Waals surface area contributed by atoms with Crippen LogP contribution in [0.25, 0.3) is 0 Å². The van der Waals surface area contributed by atoms with Crippen molar-refractivity contribution in [2.45, 2.75) is 49.3 Å². The highest BCUT2D eigenvalue weighted by molar-refractivity contribution is 5.89. The zero-order chi connectivity index (χ0) is 16.6. The minimum absolute atomic E-state index is 0.0430. The molecule has 2 aliphatic carbocycles. The monoisotopic (exact) mass is 317 g/mol. The van der Waals surface area contributed by atoms with Gasteiger partial charge in [0.25, 0.3) is 0 Å². The Morgan fingerprint density at radius 3 is 2.78 bits per heavy atom. The molecule has 0 aromatic heterocycles. The lowest BCUT2D eigenvalue weighted by atomic mass is 9.52. The van der Waals surface area contributed by atoms with Crippen molar-refractivity contribution in [3.05, 3.63) is 23.3 Å². The van der Waals surface area contributed by atoms with Crippen molar-refractivity contribution in [3.8, 4) is 11.5 Å². The van der Waals surface area contributed by atoms with E-state index in [2.05, 4.69) is 4.90 Å². The van der Waals surface area contributed by atoms with Crippen LogP contribution < -0.4 is 9.47 Å². The van der Waals surface area contributed by atoms with E-state index in [1.807, 2.05) is 33.2 Å². The molecule has 4 unspecified atom stereocenters. The summed E-state index contributed by atoms with van der Waals surface area (Å²) in [4.78, 5) is 14.6. The summed E-state index contributed by atoms with van der Waals surface area (Å²) in [5.41, 5.74) is 0.397. The average Bonchev–Trinajstić information content (AvgIpc) is 2.84. The van der Waals surface area contributed by atoms with Gasteiger partial charge in [0.15, 0.2) is 23.4 Å². The summed E-state index contributed by atoms with van der Waals surface area (Å²) in [5.74, 6) is 1.35. The average molecular weight is 317 g/mol. The second-order valence-corrected chi connectivity index (χ2v) is 7.41. The number of ketones is 1. The first-order chi connectivity index (χ1) is 10.8. The molecule has 124 valence electrons. The number of nitrogens with zero attached hydrogens (tertiary/aromatic N) is 1. The van der Waals surface area contributed by atoms with E-state index in [1.165, 1.54) is 0 Å². The van der Waals surface area contributed by atoms with Crippen LogP contribution in [0, 0.1) is 0 Å². The fraction of sp³-hybridized carbons (Fsp3) is 0.611. The molecule has 5 heteroatoms. The molecule has 5 nitrogen and oxygen atoms in total. The number of carbonyl (C=O) groups is 1. The number of benzene rings is 1. The van der Waals surface area contributed by atoms with Crippen LogP contribution in [0.5, 0.6) is 11.5 Å². The third-order valence-electron chi connectivity index (χ3n) is 6.24. The van der Waals surface area contributed by atoms with Crippen LogP contribution in [0.15, 0.2) is 12.1 Å². The van der Waals surface area contributed by atoms with Gasteiger partial charge in [-0.2, -0.15) is 0 Å². The number of ether oxygens (including phenoxy) is 2. The molecule has 1 fully saturated rings. The third kappa shape index (κ3) is 1.57. The lowest BCUT2D eigenvalue weighted by molar-refractivity contribution is -0.162. The molecule has 0 spiro atoms. The number of carbonyl (C=O) groups excluding carboxylic acids is 1. The van der Waals surface area contributed by atoms with Crippen molar-refractivity contribution < 1.29 is 19.4 Å². The molecule has 0 saturated heterocycles. The molecule has 4 rings (SSSR count). The van der Waals surface area contributed by atoms with E-state index >= 15 is 0 Å². The number of hydrogen-bond acceptors (Lipinski definition) is 5. The maximum Gasteiger partial charge on any atom is 0.174 e. The van der Waals surface area contributed by atoms with Crippen LogP contribution >= 0.6 is 0 Å². The quantitative estimate of drug-likeness (QED) is 0.891. The highest BCUT2D eigenvalue weighted by Gasteiger charge is 2.69. The van der Waals surface area contributed by atoms with Gasteiger partial charge >= 0.3 is 0 Å². The van der Waals surface area contributed by atoms with E-state index < -0.39 is 17.1 Å². The number of rotatable bonds is 2. The molecule has 3 aliphatic rings. The van der Waals surface area contributed by atoms with Crippen LogP contribution in [-0.2, 0) is 16.6 Å². The Morgan fingerprint density at radius 2 is 2.13 bits per heavy atom. The fourth-order valence-electron chi connectivity index (χ4n) is 5.02. The standard InChI is InChI=1S/C18H23NO4/c1-17-14-10-5-6-12(22-4)15(14)23-16(17)11(20)7-8-18(17,21)13(9-10)19(2)3/h5-6,13,16,21H,7-9H2,1-4H3. The fourth-order valence-corrected chi connectivity index (χ4v) is 5.02. The first-order valence-corrected chi connectivity index (χ1v) is 8.13. The van der Waals surface area contributed by atoms with E-state index in [0.29, 0.717) is 24.3 Å². The number of methoxy groups -OCH3 is 1. The summed E-state index contributed by atoms with van der Waals surface area (Å²) >= 11 is 0. The molecular weight excluding hydrogens is 294 g/mol. The lowest BCUT2D eigenvalue weighted by Crippen LogP contribution is -2.71. The van der Waals surface area contributed by atoms with Crippen molar-refractivity contribution >= 4 is 5.78 Å². The molecule has 0 radical (unpaired) electrons. The Balaban J connectivity index is 2.02. The Kier molecular flexibility index (Phi) is 2.92. The van der Waals surface area contributed by atoms with Gasteiger partial charge in [-0.15, -0.1) is 0 Å². The van der Waals surface area contributed by atoms with Gasteiger partial charge in [-0.3, -0.25) is 4.79 Å². The molecule has 0 bridgehead atoms. The SMILES string of the molecule is COc1ccc2c3c1OC1C(=O)CCC(O)(C(N(C)C)C2)C31C. The van der Waals surface area contributed by atoms with E-state index in [9.17, 15) is 9.90 Å². The summed E-state index contributed by atoms with van der Waals surface area (Å²) in [5, 5.41) is 11.7. The molecule has 1 aliphatic heterocycles. The van der Waals surface area contributed by atoms with Gasteiger partial charge < -0.3 is 19.5 Å². The van der Waals surface area contributed by atoms with E-state index in [1.54, 1.807) is 7.11 Å². The predicted octanol–water partition coefficient (Wildman–Crippen LogP) is 1.29. The molecule has 1 N–H and O–H groups in total. The van der Waals surface area contributed by atoms with Crippen LogP contribution in [0.2, 0.25) is 0 Å². The maximum absolute atomic E-state index is 12.6. The van der Waals surface area contributed by atoms with Gasteiger partial charge in [-0.1, -0.05) is 6.07 Å². The Hall–Kier alpha value is -1.59. The van der Waals surface area contributed by atoms with Crippen LogP contribution in [0.1, 0.15) is 30.9 Å². The van der Waals surface area contributed by atoms with Gasteiger partial charge in [0.2, 0.25) is 0 Å². The summed E-state index contributed by atoms with van der Waals surface area (Å²) in [6, 6.07) is 3.90. The van der Waals surface area contributed by atoms with Crippen LogP contribution in [-0.4, -0.2) is 54.7 Å². The first-order valence-electron chi connectivity index (χ1n) is 8.13. The predicted molar refractivity (Wildman–Crippen MR) is 85.1 cm³/mol. The lowest BCUT2D eigenvalue weighted by Gasteiger charge is -2.56. The van der Waals surface area contributed by atoms with Crippen LogP contribution in [0.3, 0.4) is 0 Å². The van der Waals surface area contributed by atoms with Crippen molar-refractivity contribution in [1.82, 2.24) is 4.90 Å². The third-order valence-corrected chi connectivity index (χ3v) is 6.24. The normalized spacial score (nSPS) is 37.6. The molecule has 4 atom stereocenters. The molecule has 1 heterocycles. The summed E-state index contributed by atoms with van der Waals surface area (Å²) in [6.45, 7) is 1.99. The van der Waals surface area contributed by atoms with Crippen molar-refractivity contribution in [3.63, 3.8) is 0 Å². The first kappa shape index (κ1) is 15.0. The number of Topliss-reactive ketones (excluding diaryl/α,β-unsaturated/α-hetero) is 1. The zero-order valence-electron chi connectivity index (χ0n) is 14.0. The summed E-state index contributed by atoms with van der Waals surface area (Å²) in [7, 11) is 5.58. The van der Waals surface area contributed by atoms with Gasteiger partial charge in [0.1, 0.15) is 0 Å². The van der Waals surface area contributed by atoms with Crippen molar-refractivity contribution in [1.29, 1.82) is 0 Å². The summed E-state index contributed by atoms with van der Waals surface area (Å²) < 4.78 is 11.5. The second-order valence-electron chi connectivity index (χ2n) is 7.41. The van der Waals surface area contributed by atoms with E-state index in [4.69, 9.17) is 9.47 Å². The minimum Gasteiger partial charge on any atom is -0.493 e. The smallest absolute Gasteiger partial charge is 0.174 e. The van der Waals surface area contributed by atoms with Gasteiger partial charge in [0, 0.05) is 18.0 Å². The number of likely N-dealkylation sites (N-methyl/N-ethyl adjacent to an activating group) is 1. The zero-order valence-corrected chi connectivity index (χ0v) is 14.0. The molecule has 0 amide bonds. The molecule has 23 heavy (non-hydrogen) atoms. The highest BCUT2D eigenvalue weighted by Crippen LogP contribution is 2.61. The maximum atomic E-state index is 12.6. The second kappa shape index (κ2) is 4.48. The topological polar surface area (TPSA) is 59.0 Å². The van der Waals surface area contributed by atoms with Gasteiger partial charge in [-0.25, -0.2) is 0 Å². The Labute approximate surface area is 136 Å². The van der Waals surface area contributed by atoms with Gasteiger partial charge in [0.05, 0.1) is 18.1 Å². The Morgan fingerprint density at radius 1 is 1.39 bits per heavy atom. The largest absolute Gasteiger partial charge is 0.493 e. The van der Waals surface area contributed by atoms with Crippen molar-refractivity contribution in [2.75, 3.05) is 21.2 Å². The molecule has 1 aromatic carbocycles. The molecular formula is C18H23NO4. The van der Waals surface area contributed by atoms with Crippen LogP contribution in [0.4, 0.5) is 0 Å². The number of aliphatic hydroxyl groups is 1.